The van der Waals surface area contributed by atoms with Gasteiger partial charge in [0.1, 0.15) is 17.2 Å². The van der Waals surface area contributed by atoms with E-state index in [1.165, 1.54) is 0 Å². The number of methoxy groups -OCH3 is 1. The number of rotatable bonds is 6. The average molecular weight is 414 g/mol. The predicted molar refractivity (Wildman–Crippen MR) is 118 cm³/mol. The van der Waals surface area contributed by atoms with Gasteiger partial charge in [0.2, 0.25) is 5.78 Å². The van der Waals surface area contributed by atoms with Gasteiger partial charge in [-0.05, 0) is 61.9 Å². The third-order valence-corrected chi connectivity index (χ3v) is 5.15. The quantitative estimate of drug-likeness (QED) is 0.410. The molecule has 156 valence electrons. The molecule has 0 aromatic heterocycles. The van der Waals surface area contributed by atoms with E-state index < -0.39 is 0 Å². The first kappa shape index (κ1) is 20.4. The van der Waals surface area contributed by atoms with Crippen LogP contribution in [-0.4, -0.2) is 25.3 Å². The first-order valence-corrected chi connectivity index (χ1v) is 9.91. The SMILES string of the molecule is COc1ccc(C(=O)COc2ccc3c(c2C)O/C(=C\c2cccc(C)c2)C3=O)cc1. The lowest BCUT2D eigenvalue weighted by molar-refractivity contribution is 0.0920. The number of ether oxygens (including phenoxy) is 3. The molecule has 5 heteroatoms. The molecular formula is C26H22O5. The Labute approximate surface area is 180 Å². The summed E-state index contributed by atoms with van der Waals surface area (Å²) in [7, 11) is 1.57. The molecule has 1 aliphatic rings. The number of benzene rings is 3. The maximum Gasteiger partial charge on any atom is 0.231 e. The summed E-state index contributed by atoms with van der Waals surface area (Å²) < 4.78 is 16.7. The fourth-order valence-electron chi connectivity index (χ4n) is 3.44. The number of carbonyl (C=O) groups is 2. The number of carbonyl (C=O) groups excluding carboxylic acids is 2. The molecule has 0 radical (unpaired) electrons. The number of ketones is 2. The van der Waals surface area contributed by atoms with E-state index >= 15 is 0 Å². The van der Waals surface area contributed by atoms with Gasteiger partial charge in [-0.25, -0.2) is 0 Å². The van der Waals surface area contributed by atoms with Crippen LogP contribution in [0.25, 0.3) is 6.08 Å². The van der Waals surface area contributed by atoms with Crippen LogP contribution in [-0.2, 0) is 0 Å². The Morgan fingerprint density at radius 1 is 1.03 bits per heavy atom. The Hall–Kier alpha value is -3.86. The van der Waals surface area contributed by atoms with E-state index in [1.807, 2.05) is 38.1 Å². The van der Waals surface area contributed by atoms with E-state index in [4.69, 9.17) is 14.2 Å². The van der Waals surface area contributed by atoms with Crippen LogP contribution in [0.4, 0.5) is 0 Å². The van der Waals surface area contributed by atoms with Crippen molar-refractivity contribution in [3.05, 3.63) is 94.2 Å². The maximum absolute atomic E-state index is 12.8. The normalized spacial score (nSPS) is 13.6. The van der Waals surface area contributed by atoms with E-state index in [9.17, 15) is 9.59 Å². The second-order valence-corrected chi connectivity index (χ2v) is 7.36. The molecule has 0 atom stereocenters. The van der Waals surface area contributed by atoms with Crippen LogP contribution in [0.15, 0.2) is 66.4 Å². The van der Waals surface area contributed by atoms with E-state index in [0.29, 0.717) is 33.9 Å². The smallest absolute Gasteiger partial charge is 0.231 e. The zero-order valence-electron chi connectivity index (χ0n) is 17.6. The van der Waals surface area contributed by atoms with E-state index in [-0.39, 0.29) is 23.9 Å². The fraction of sp³-hybridized carbons (Fsp3) is 0.154. The molecule has 0 saturated heterocycles. The Morgan fingerprint density at radius 2 is 1.81 bits per heavy atom. The molecule has 3 aromatic carbocycles. The van der Waals surface area contributed by atoms with E-state index in [1.54, 1.807) is 49.6 Å². The van der Waals surface area contributed by atoms with Crippen molar-refractivity contribution >= 4 is 17.6 Å². The highest BCUT2D eigenvalue weighted by molar-refractivity contribution is 6.15. The van der Waals surface area contributed by atoms with E-state index in [2.05, 4.69) is 0 Å². The Morgan fingerprint density at radius 3 is 2.52 bits per heavy atom. The summed E-state index contributed by atoms with van der Waals surface area (Å²) in [6.07, 6.45) is 1.74. The van der Waals surface area contributed by atoms with Crippen LogP contribution in [0.1, 0.15) is 37.4 Å². The Kier molecular flexibility index (Phi) is 5.58. The van der Waals surface area contributed by atoms with Gasteiger partial charge in [0.25, 0.3) is 0 Å². The molecule has 3 aromatic rings. The van der Waals surface area contributed by atoms with Crippen molar-refractivity contribution in [2.24, 2.45) is 0 Å². The summed E-state index contributed by atoms with van der Waals surface area (Å²) in [5, 5.41) is 0. The predicted octanol–water partition coefficient (Wildman–Crippen LogP) is 5.19. The van der Waals surface area contributed by atoms with Crippen molar-refractivity contribution in [3.63, 3.8) is 0 Å². The highest BCUT2D eigenvalue weighted by Gasteiger charge is 2.30. The molecule has 0 bridgehead atoms. The van der Waals surface area contributed by atoms with Crippen molar-refractivity contribution in [2.75, 3.05) is 13.7 Å². The zero-order valence-corrected chi connectivity index (χ0v) is 17.6. The van der Waals surface area contributed by atoms with Crippen LogP contribution in [0.3, 0.4) is 0 Å². The molecule has 0 spiro atoms. The summed E-state index contributed by atoms with van der Waals surface area (Å²) in [6, 6.07) is 18.1. The molecule has 1 aliphatic heterocycles. The summed E-state index contributed by atoms with van der Waals surface area (Å²) in [4.78, 5) is 25.2. The monoisotopic (exact) mass is 414 g/mol. The van der Waals surface area contributed by atoms with Crippen LogP contribution >= 0.6 is 0 Å². The molecule has 0 N–H and O–H groups in total. The number of fused-ring (bicyclic) bond motifs is 1. The van der Waals surface area contributed by atoms with Gasteiger partial charge in [-0.3, -0.25) is 9.59 Å². The van der Waals surface area contributed by atoms with Crippen LogP contribution in [0.2, 0.25) is 0 Å². The topological polar surface area (TPSA) is 61.8 Å². The van der Waals surface area contributed by atoms with Gasteiger partial charge in [-0.2, -0.15) is 0 Å². The van der Waals surface area contributed by atoms with Crippen LogP contribution in [0, 0.1) is 13.8 Å². The van der Waals surface area contributed by atoms with E-state index in [0.717, 1.165) is 11.1 Å². The molecule has 0 aliphatic carbocycles. The lowest BCUT2D eigenvalue weighted by atomic mass is 10.1. The van der Waals surface area contributed by atoms with Crippen LogP contribution < -0.4 is 14.2 Å². The maximum atomic E-state index is 12.8. The van der Waals surface area contributed by atoms with Gasteiger partial charge in [-0.15, -0.1) is 0 Å². The van der Waals surface area contributed by atoms with Crippen molar-refractivity contribution in [3.8, 4) is 17.2 Å². The second-order valence-electron chi connectivity index (χ2n) is 7.36. The fourth-order valence-corrected chi connectivity index (χ4v) is 3.44. The third-order valence-electron chi connectivity index (χ3n) is 5.15. The summed E-state index contributed by atoms with van der Waals surface area (Å²) in [5.41, 5.74) is 3.71. The van der Waals surface area contributed by atoms with Crippen molar-refractivity contribution < 1.29 is 23.8 Å². The second kappa shape index (κ2) is 8.48. The molecule has 0 amide bonds. The van der Waals surface area contributed by atoms with Gasteiger partial charge in [0.15, 0.2) is 18.1 Å². The highest BCUT2D eigenvalue weighted by Crippen LogP contribution is 2.39. The molecule has 0 fully saturated rings. The number of hydrogen-bond acceptors (Lipinski definition) is 5. The minimum Gasteiger partial charge on any atom is -0.497 e. The molecule has 0 saturated carbocycles. The molecule has 5 nitrogen and oxygen atoms in total. The molecule has 4 rings (SSSR count). The van der Waals surface area contributed by atoms with Crippen molar-refractivity contribution in [1.29, 1.82) is 0 Å². The molecule has 0 unspecified atom stereocenters. The number of allylic oxidation sites excluding steroid dienone is 1. The number of Topliss-reactive ketones (excluding diaryl/α,β-unsaturated/α-hetero) is 2. The summed E-state index contributed by atoms with van der Waals surface area (Å²) in [6.45, 7) is 3.69. The molecular weight excluding hydrogens is 392 g/mol. The van der Waals surface area contributed by atoms with Crippen LogP contribution in [0.5, 0.6) is 17.2 Å². The highest BCUT2D eigenvalue weighted by atomic mass is 16.5. The van der Waals surface area contributed by atoms with Gasteiger partial charge in [0, 0.05) is 11.1 Å². The Bertz CT molecular complexity index is 1190. The van der Waals surface area contributed by atoms with Gasteiger partial charge >= 0.3 is 0 Å². The minimum absolute atomic E-state index is 0.119. The number of hydrogen-bond donors (Lipinski definition) is 0. The lowest BCUT2D eigenvalue weighted by Crippen LogP contribution is -2.12. The lowest BCUT2D eigenvalue weighted by Gasteiger charge is -2.11. The van der Waals surface area contributed by atoms with Gasteiger partial charge in [-0.1, -0.05) is 29.8 Å². The minimum atomic E-state index is -0.166. The first-order chi connectivity index (χ1) is 15.0. The zero-order chi connectivity index (χ0) is 22.0. The third kappa shape index (κ3) is 4.21. The summed E-state index contributed by atoms with van der Waals surface area (Å²) in [5.74, 6) is 1.61. The molecule has 1 heterocycles. The van der Waals surface area contributed by atoms with Gasteiger partial charge < -0.3 is 14.2 Å². The number of aryl methyl sites for hydroxylation is 1. The van der Waals surface area contributed by atoms with Crippen molar-refractivity contribution in [1.82, 2.24) is 0 Å². The molecule has 31 heavy (non-hydrogen) atoms. The van der Waals surface area contributed by atoms with Gasteiger partial charge in [0.05, 0.1) is 12.7 Å². The largest absolute Gasteiger partial charge is 0.497 e. The Balaban J connectivity index is 1.51. The van der Waals surface area contributed by atoms with Crippen molar-refractivity contribution in [2.45, 2.75) is 13.8 Å². The standard InChI is InChI=1S/C26H22O5/c1-16-5-4-6-18(13-16)14-24-25(28)21-11-12-23(17(2)26(21)31-24)30-15-22(27)19-7-9-20(29-3)10-8-19/h4-14H,15H2,1-3H3/b24-14-. The average Bonchev–Trinajstić information content (AvgIpc) is 3.09. The summed E-state index contributed by atoms with van der Waals surface area (Å²) >= 11 is 0. The first-order valence-electron chi connectivity index (χ1n) is 9.91.